The lowest BCUT2D eigenvalue weighted by molar-refractivity contribution is -0.0505. The van der Waals surface area contributed by atoms with Crippen molar-refractivity contribution in [2.24, 2.45) is 17.8 Å². The van der Waals surface area contributed by atoms with E-state index in [0.717, 1.165) is 23.3 Å². The fourth-order valence-corrected chi connectivity index (χ4v) is 4.19. The van der Waals surface area contributed by atoms with E-state index in [0.29, 0.717) is 12.6 Å². The van der Waals surface area contributed by atoms with E-state index in [1.54, 1.807) is 12.1 Å². The molecule has 2 saturated carbocycles. The van der Waals surface area contributed by atoms with Gasteiger partial charge in [-0.25, -0.2) is 0 Å². The Bertz CT molecular complexity index is 480. The quantitative estimate of drug-likeness (QED) is 0.849. The third-order valence-corrected chi connectivity index (χ3v) is 5.24. The number of ether oxygens (including phenoxy) is 1. The molecule has 3 rings (SSSR count). The summed E-state index contributed by atoms with van der Waals surface area (Å²) in [6.45, 7) is 0.0361. The van der Waals surface area contributed by atoms with Crippen molar-refractivity contribution in [3.63, 3.8) is 0 Å². The largest absolute Gasteiger partial charge is 0.434 e. The maximum Gasteiger partial charge on any atom is 0.387 e. The van der Waals surface area contributed by atoms with Crippen LogP contribution in [0, 0.1) is 17.8 Å². The number of nitrogens with one attached hydrogen (secondary N) is 1. The van der Waals surface area contributed by atoms with E-state index in [-0.39, 0.29) is 5.75 Å². The molecule has 4 heteroatoms. The Morgan fingerprint density at radius 3 is 2.71 bits per heavy atom. The summed E-state index contributed by atoms with van der Waals surface area (Å²) in [7, 11) is 0. The fourth-order valence-electron chi connectivity index (χ4n) is 4.19. The van der Waals surface area contributed by atoms with E-state index in [1.807, 2.05) is 12.1 Å². The molecule has 116 valence electrons. The Kier molecular flexibility index (Phi) is 4.43. The molecule has 4 atom stereocenters. The lowest BCUT2D eigenvalue weighted by Crippen LogP contribution is -2.36. The predicted octanol–water partition coefficient (Wildman–Crippen LogP) is 4.20. The van der Waals surface area contributed by atoms with Crippen molar-refractivity contribution in [2.75, 3.05) is 0 Å². The van der Waals surface area contributed by atoms with Crippen molar-refractivity contribution in [3.8, 4) is 5.75 Å². The second-order valence-electron chi connectivity index (χ2n) is 6.49. The minimum absolute atomic E-state index is 0.278. The third-order valence-electron chi connectivity index (χ3n) is 5.24. The van der Waals surface area contributed by atoms with Crippen LogP contribution >= 0.6 is 0 Å². The number of rotatable bonds is 6. The van der Waals surface area contributed by atoms with Crippen LogP contribution in [0.25, 0.3) is 0 Å². The summed E-state index contributed by atoms with van der Waals surface area (Å²) in [6, 6.07) is 7.46. The Labute approximate surface area is 124 Å². The summed E-state index contributed by atoms with van der Waals surface area (Å²) >= 11 is 0. The summed E-state index contributed by atoms with van der Waals surface area (Å²) in [5.74, 6) is 2.82. The second-order valence-corrected chi connectivity index (χ2v) is 6.49. The van der Waals surface area contributed by atoms with E-state index in [9.17, 15) is 8.78 Å². The van der Waals surface area contributed by atoms with Crippen LogP contribution in [0.2, 0.25) is 0 Å². The van der Waals surface area contributed by atoms with Gasteiger partial charge in [0.25, 0.3) is 0 Å². The number of hydrogen-bond acceptors (Lipinski definition) is 2. The normalized spacial score (nSPS) is 29.0. The molecule has 0 spiro atoms. The summed E-state index contributed by atoms with van der Waals surface area (Å²) in [4.78, 5) is 0. The SMILES string of the molecule is CC(NCc1ccccc1OC(F)F)C1CC2CCC1C2. The van der Waals surface area contributed by atoms with Crippen LogP contribution in [0.1, 0.15) is 38.2 Å². The van der Waals surface area contributed by atoms with Gasteiger partial charge in [-0.1, -0.05) is 24.6 Å². The van der Waals surface area contributed by atoms with Gasteiger partial charge in [-0.05, 0) is 50.0 Å². The molecule has 1 N–H and O–H groups in total. The van der Waals surface area contributed by atoms with E-state index < -0.39 is 6.61 Å². The molecule has 0 saturated heterocycles. The molecule has 2 bridgehead atoms. The number of fused-ring (bicyclic) bond motifs is 2. The molecule has 4 unspecified atom stereocenters. The van der Waals surface area contributed by atoms with Gasteiger partial charge in [0.05, 0.1) is 0 Å². The Hall–Kier alpha value is -1.16. The zero-order valence-electron chi connectivity index (χ0n) is 12.4. The van der Waals surface area contributed by atoms with E-state index in [4.69, 9.17) is 0 Å². The molecular formula is C17H23F2NO. The Balaban J connectivity index is 1.57. The highest BCUT2D eigenvalue weighted by molar-refractivity contribution is 5.33. The van der Waals surface area contributed by atoms with Crippen LogP contribution < -0.4 is 10.1 Å². The standard InChI is InChI=1S/C17H23F2NO/c1-11(15-9-12-6-7-13(15)8-12)20-10-14-4-2-3-5-16(14)21-17(18)19/h2-5,11-13,15,17,20H,6-10H2,1H3. The van der Waals surface area contributed by atoms with Crippen LogP contribution in [0.4, 0.5) is 8.78 Å². The fraction of sp³-hybridized carbons (Fsp3) is 0.647. The van der Waals surface area contributed by atoms with Crippen molar-refractivity contribution in [3.05, 3.63) is 29.8 Å². The second kappa shape index (κ2) is 6.30. The summed E-state index contributed by atoms with van der Waals surface area (Å²) in [6.07, 6.45) is 5.49. The molecule has 0 aliphatic heterocycles. The van der Waals surface area contributed by atoms with Gasteiger partial charge in [0.15, 0.2) is 0 Å². The molecule has 1 aromatic rings. The molecule has 0 radical (unpaired) electrons. The number of para-hydroxylation sites is 1. The van der Waals surface area contributed by atoms with Crippen molar-refractivity contribution >= 4 is 0 Å². The average Bonchev–Trinajstić information content (AvgIpc) is 3.08. The minimum atomic E-state index is -2.77. The Morgan fingerprint density at radius 2 is 2.05 bits per heavy atom. The average molecular weight is 295 g/mol. The van der Waals surface area contributed by atoms with Crippen LogP contribution in [-0.4, -0.2) is 12.7 Å². The maximum absolute atomic E-state index is 12.4. The Morgan fingerprint density at radius 1 is 1.24 bits per heavy atom. The minimum Gasteiger partial charge on any atom is -0.434 e. The van der Waals surface area contributed by atoms with Crippen molar-refractivity contribution in [1.82, 2.24) is 5.32 Å². The zero-order valence-corrected chi connectivity index (χ0v) is 12.4. The van der Waals surface area contributed by atoms with Crippen molar-refractivity contribution < 1.29 is 13.5 Å². The summed E-state index contributed by atoms with van der Waals surface area (Å²) < 4.78 is 29.4. The lowest BCUT2D eigenvalue weighted by atomic mass is 9.84. The number of benzene rings is 1. The molecule has 2 aliphatic rings. The molecule has 1 aromatic carbocycles. The topological polar surface area (TPSA) is 21.3 Å². The van der Waals surface area contributed by atoms with Gasteiger partial charge in [-0.3, -0.25) is 0 Å². The highest BCUT2D eigenvalue weighted by Crippen LogP contribution is 2.49. The predicted molar refractivity (Wildman–Crippen MR) is 78.3 cm³/mol. The molecule has 0 heterocycles. The van der Waals surface area contributed by atoms with Gasteiger partial charge >= 0.3 is 6.61 Å². The van der Waals surface area contributed by atoms with Crippen LogP contribution in [0.5, 0.6) is 5.75 Å². The van der Waals surface area contributed by atoms with Gasteiger partial charge in [0.2, 0.25) is 0 Å². The highest BCUT2D eigenvalue weighted by atomic mass is 19.3. The van der Waals surface area contributed by atoms with E-state index in [2.05, 4.69) is 17.0 Å². The third kappa shape index (κ3) is 3.37. The molecule has 2 fully saturated rings. The molecular weight excluding hydrogens is 272 g/mol. The van der Waals surface area contributed by atoms with E-state index >= 15 is 0 Å². The van der Waals surface area contributed by atoms with Crippen LogP contribution in [-0.2, 0) is 6.54 Å². The zero-order chi connectivity index (χ0) is 14.8. The molecule has 21 heavy (non-hydrogen) atoms. The number of alkyl halides is 2. The summed E-state index contributed by atoms with van der Waals surface area (Å²) in [5, 5.41) is 3.51. The smallest absolute Gasteiger partial charge is 0.387 e. The van der Waals surface area contributed by atoms with Gasteiger partial charge in [-0.15, -0.1) is 0 Å². The van der Waals surface area contributed by atoms with Gasteiger partial charge < -0.3 is 10.1 Å². The number of hydrogen-bond donors (Lipinski definition) is 1. The van der Waals surface area contributed by atoms with E-state index in [1.165, 1.54) is 25.7 Å². The first kappa shape index (κ1) is 14.8. The first-order chi connectivity index (χ1) is 10.1. The van der Waals surface area contributed by atoms with Gasteiger partial charge in [0.1, 0.15) is 5.75 Å². The molecule has 2 aliphatic carbocycles. The first-order valence-electron chi connectivity index (χ1n) is 7.89. The van der Waals surface area contributed by atoms with Crippen molar-refractivity contribution in [1.29, 1.82) is 0 Å². The molecule has 2 nitrogen and oxygen atoms in total. The van der Waals surface area contributed by atoms with Crippen LogP contribution in [0.3, 0.4) is 0 Å². The van der Waals surface area contributed by atoms with Crippen molar-refractivity contribution in [2.45, 2.75) is 51.8 Å². The van der Waals surface area contributed by atoms with Crippen LogP contribution in [0.15, 0.2) is 24.3 Å². The highest BCUT2D eigenvalue weighted by Gasteiger charge is 2.41. The summed E-state index contributed by atoms with van der Waals surface area (Å²) in [5.41, 5.74) is 0.799. The maximum atomic E-state index is 12.4. The monoisotopic (exact) mass is 295 g/mol. The van der Waals surface area contributed by atoms with Gasteiger partial charge in [0, 0.05) is 18.2 Å². The molecule has 0 amide bonds. The first-order valence-corrected chi connectivity index (χ1v) is 7.89. The molecule has 0 aromatic heterocycles. The van der Waals surface area contributed by atoms with Gasteiger partial charge in [-0.2, -0.15) is 8.78 Å². The number of halogens is 2. The lowest BCUT2D eigenvalue weighted by Gasteiger charge is -2.29.